The van der Waals surface area contributed by atoms with E-state index in [2.05, 4.69) is 29.1 Å². The lowest BCUT2D eigenvalue weighted by Crippen LogP contribution is -2.58. The Labute approximate surface area is 280 Å². The zero-order chi connectivity index (χ0) is 33.8. The standard InChI is InChI=1S/C35H48BrN3O7/c1-7-9-17-26(41)37(6)23(5)29(24-15-11-10-12-16-24)45-34(44)27-28-32(42)39(19-13-14-20-40)31(33(43)38(18-8-2)22(3)4)35(28)21-25(36)30(27)46-35/h7-8,10-12,15-16,22-23,25,27-31,40H,1-2,9,13-14,17-21H2,3-6H3/t23-,25?,27-,28+,29+,30-,31-,35+/m1/s1. The molecule has 1 aromatic carbocycles. The molecule has 0 aliphatic carbocycles. The highest BCUT2D eigenvalue weighted by Gasteiger charge is 2.77. The second-order valence-electron chi connectivity index (χ2n) is 12.8. The number of rotatable bonds is 16. The van der Waals surface area contributed by atoms with Crippen LogP contribution in [0, 0.1) is 11.8 Å². The summed E-state index contributed by atoms with van der Waals surface area (Å²) in [4.78, 5) is 60.5. The van der Waals surface area contributed by atoms with Gasteiger partial charge in [0.25, 0.3) is 0 Å². The maximum atomic E-state index is 14.4. The van der Waals surface area contributed by atoms with Crippen molar-refractivity contribution in [1.82, 2.24) is 14.7 Å². The van der Waals surface area contributed by atoms with E-state index < -0.39 is 47.7 Å². The summed E-state index contributed by atoms with van der Waals surface area (Å²) in [6, 6.07) is 7.64. The summed E-state index contributed by atoms with van der Waals surface area (Å²) in [5.74, 6) is -3.15. The lowest BCUT2D eigenvalue weighted by Gasteiger charge is -2.38. The molecule has 252 valence electrons. The van der Waals surface area contributed by atoms with Crippen molar-refractivity contribution in [2.24, 2.45) is 11.8 Å². The molecule has 0 aromatic heterocycles. The normalized spacial score (nSPS) is 27.7. The number of allylic oxidation sites excluding steroid dienone is 1. The number of aliphatic hydroxyl groups excluding tert-OH is 1. The van der Waals surface area contributed by atoms with E-state index in [0.717, 1.165) is 0 Å². The number of fused-ring (bicyclic) bond motifs is 1. The number of hydrogen-bond acceptors (Lipinski definition) is 7. The van der Waals surface area contributed by atoms with Crippen molar-refractivity contribution in [3.05, 3.63) is 61.2 Å². The maximum absolute atomic E-state index is 14.4. The van der Waals surface area contributed by atoms with Crippen LogP contribution in [0.3, 0.4) is 0 Å². The molecule has 2 bridgehead atoms. The van der Waals surface area contributed by atoms with E-state index in [1.165, 1.54) is 0 Å². The molecular weight excluding hydrogens is 654 g/mol. The van der Waals surface area contributed by atoms with Crippen LogP contribution < -0.4 is 0 Å². The Balaban J connectivity index is 1.70. The van der Waals surface area contributed by atoms with Gasteiger partial charge in [-0.15, -0.1) is 13.2 Å². The molecule has 1 spiro atoms. The summed E-state index contributed by atoms with van der Waals surface area (Å²) >= 11 is 3.72. The minimum absolute atomic E-state index is 0.0373. The second kappa shape index (κ2) is 15.3. The minimum atomic E-state index is -1.23. The van der Waals surface area contributed by atoms with Crippen LogP contribution >= 0.6 is 15.9 Å². The van der Waals surface area contributed by atoms with E-state index in [4.69, 9.17) is 9.47 Å². The average molecular weight is 703 g/mol. The van der Waals surface area contributed by atoms with Crippen LogP contribution in [-0.4, -0.2) is 105 Å². The molecule has 8 atom stereocenters. The zero-order valence-corrected chi connectivity index (χ0v) is 28.9. The highest BCUT2D eigenvalue weighted by atomic mass is 79.9. The molecule has 3 aliphatic rings. The van der Waals surface area contributed by atoms with Gasteiger partial charge in [0.1, 0.15) is 17.7 Å². The monoisotopic (exact) mass is 701 g/mol. The molecule has 1 aromatic rings. The molecule has 3 saturated heterocycles. The number of unbranched alkanes of at least 4 members (excludes halogenated alkanes) is 1. The number of nitrogens with zero attached hydrogens (tertiary/aromatic N) is 3. The van der Waals surface area contributed by atoms with Crippen LogP contribution in [0.15, 0.2) is 55.6 Å². The van der Waals surface area contributed by atoms with Gasteiger partial charge in [0.15, 0.2) is 0 Å². The molecule has 11 heteroatoms. The number of aliphatic hydroxyl groups is 1. The van der Waals surface area contributed by atoms with E-state index in [0.29, 0.717) is 37.8 Å². The lowest BCUT2D eigenvalue weighted by atomic mass is 9.70. The number of likely N-dealkylation sites (tertiary alicyclic amines) is 1. The number of benzene rings is 1. The van der Waals surface area contributed by atoms with Crippen molar-refractivity contribution in [2.75, 3.05) is 26.7 Å². The minimum Gasteiger partial charge on any atom is -0.455 e. The number of esters is 1. The predicted molar refractivity (Wildman–Crippen MR) is 178 cm³/mol. The summed E-state index contributed by atoms with van der Waals surface area (Å²) in [5.41, 5.74) is -0.510. The first-order valence-corrected chi connectivity index (χ1v) is 17.1. The Morgan fingerprint density at radius 1 is 1.17 bits per heavy atom. The molecule has 1 N–H and O–H groups in total. The largest absolute Gasteiger partial charge is 0.455 e. The SMILES string of the molecule is C=CCCC(=O)N(C)[C@H](C)[C@H](OC(=O)[C@H]1[C@@H]2O[C@@]3(CC2Br)[C@@H]1C(=O)N(CCCCO)[C@@H]3C(=O)N(CC=C)C(C)C)c1ccccc1. The van der Waals surface area contributed by atoms with Crippen LogP contribution in [-0.2, 0) is 28.7 Å². The highest BCUT2D eigenvalue weighted by molar-refractivity contribution is 9.09. The van der Waals surface area contributed by atoms with Gasteiger partial charge in [0.05, 0.1) is 24.0 Å². The Hall–Kier alpha value is -3.02. The fourth-order valence-electron chi connectivity index (χ4n) is 7.29. The van der Waals surface area contributed by atoms with Crippen LogP contribution in [0.1, 0.15) is 64.5 Å². The van der Waals surface area contributed by atoms with Gasteiger partial charge >= 0.3 is 5.97 Å². The van der Waals surface area contributed by atoms with E-state index in [1.54, 1.807) is 33.9 Å². The molecule has 3 heterocycles. The molecule has 0 radical (unpaired) electrons. The highest BCUT2D eigenvalue weighted by Crippen LogP contribution is 2.60. The molecular formula is C35H48BrN3O7. The van der Waals surface area contributed by atoms with Crippen molar-refractivity contribution >= 4 is 39.6 Å². The second-order valence-corrected chi connectivity index (χ2v) is 14.0. The van der Waals surface area contributed by atoms with E-state index in [-0.39, 0.29) is 48.2 Å². The Morgan fingerprint density at radius 2 is 1.87 bits per heavy atom. The fourth-order valence-corrected chi connectivity index (χ4v) is 8.23. The summed E-state index contributed by atoms with van der Waals surface area (Å²) in [5, 5.41) is 9.45. The third-order valence-electron chi connectivity index (χ3n) is 9.71. The van der Waals surface area contributed by atoms with Crippen molar-refractivity contribution in [3.63, 3.8) is 0 Å². The number of hydrogen-bond donors (Lipinski definition) is 1. The van der Waals surface area contributed by atoms with Gasteiger partial charge in [-0.25, -0.2) is 0 Å². The number of alkyl halides is 1. The summed E-state index contributed by atoms with van der Waals surface area (Å²) in [6.07, 6.45) is 4.01. The average Bonchev–Trinajstić information content (AvgIpc) is 3.63. The van der Waals surface area contributed by atoms with E-state index in [1.807, 2.05) is 51.1 Å². The van der Waals surface area contributed by atoms with Crippen molar-refractivity contribution in [3.8, 4) is 0 Å². The number of carbonyl (C=O) groups excluding carboxylic acids is 4. The molecule has 3 amide bonds. The number of ether oxygens (including phenoxy) is 2. The van der Waals surface area contributed by atoms with Gasteiger partial charge in [0, 0.05) is 44.0 Å². The van der Waals surface area contributed by atoms with E-state index in [9.17, 15) is 24.3 Å². The van der Waals surface area contributed by atoms with Gasteiger partial charge in [0.2, 0.25) is 17.7 Å². The maximum Gasteiger partial charge on any atom is 0.313 e. The van der Waals surface area contributed by atoms with Gasteiger partial charge in [-0.1, -0.05) is 58.4 Å². The first-order valence-electron chi connectivity index (χ1n) is 16.2. The summed E-state index contributed by atoms with van der Waals surface area (Å²) < 4.78 is 12.9. The smallest absolute Gasteiger partial charge is 0.313 e. The van der Waals surface area contributed by atoms with Crippen LogP contribution in [0.2, 0.25) is 0 Å². The van der Waals surface area contributed by atoms with Crippen molar-refractivity contribution in [1.29, 1.82) is 0 Å². The molecule has 10 nitrogen and oxygen atoms in total. The topological polar surface area (TPSA) is 117 Å². The quantitative estimate of drug-likeness (QED) is 0.120. The predicted octanol–water partition coefficient (Wildman–Crippen LogP) is 4.03. The summed E-state index contributed by atoms with van der Waals surface area (Å²) in [7, 11) is 1.69. The Kier molecular flexibility index (Phi) is 11.9. The van der Waals surface area contributed by atoms with Crippen LogP contribution in [0.5, 0.6) is 0 Å². The number of carbonyl (C=O) groups is 4. The van der Waals surface area contributed by atoms with E-state index >= 15 is 0 Å². The Morgan fingerprint density at radius 3 is 2.48 bits per heavy atom. The lowest BCUT2D eigenvalue weighted by molar-refractivity contribution is -0.164. The van der Waals surface area contributed by atoms with Crippen molar-refractivity contribution < 1.29 is 33.8 Å². The first kappa shape index (κ1) is 35.8. The number of likely N-dealkylation sites (N-methyl/N-ethyl adjacent to an activating group) is 1. The molecule has 3 aliphatic heterocycles. The van der Waals surface area contributed by atoms with Gasteiger partial charge in [-0.2, -0.15) is 0 Å². The molecule has 0 saturated carbocycles. The van der Waals surface area contributed by atoms with Gasteiger partial charge in [-0.3, -0.25) is 19.2 Å². The molecule has 1 unspecified atom stereocenters. The first-order chi connectivity index (χ1) is 21.9. The summed E-state index contributed by atoms with van der Waals surface area (Å²) in [6.45, 7) is 13.7. The van der Waals surface area contributed by atoms with Crippen molar-refractivity contribution in [2.45, 2.75) is 93.6 Å². The van der Waals surface area contributed by atoms with Gasteiger partial charge in [-0.05, 0) is 52.0 Å². The third kappa shape index (κ3) is 6.69. The molecule has 46 heavy (non-hydrogen) atoms. The fraction of sp³-hybridized carbons (Fsp3) is 0.600. The third-order valence-corrected chi connectivity index (χ3v) is 10.6. The van der Waals surface area contributed by atoms with Gasteiger partial charge < -0.3 is 29.3 Å². The number of halogens is 1. The molecule has 4 rings (SSSR count). The molecule has 3 fully saturated rings. The van der Waals surface area contributed by atoms with Crippen LogP contribution in [0.4, 0.5) is 0 Å². The Bertz CT molecular complexity index is 1290. The van der Waals surface area contributed by atoms with Crippen LogP contribution in [0.25, 0.3) is 0 Å². The number of amides is 3. The zero-order valence-electron chi connectivity index (χ0n) is 27.3.